The average Bonchev–Trinajstić information content (AvgIpc) is 2.59. The van der Waals surface area contributed by atoms with Crippen molar-refractivity contribution < 1.29 is 4.43 Å². The summed E-state index contributed by atoms with van der Waals surface area (Å²) in [5.74, 6) is 0. The number of benzene rings is 2. The zero-order valence-corrected chi connectivity index (χ0v) is 18.8. The Hall–Kier alpha value is -0.423. The smallest absolute Gasteiger partial charge is 0.261 e. The predicted molar refractivity (Wildman–Crippen MR) is 115 cm³/mol. The van der Waals surface area contributed by atoms with E-state index in [9.17, 15) is 0 Å². The Bertz CT molecular complexity index is 571. The minimum Gasteiger partial charge on any atom is -0.404 e. The van der Waals surface area contributed by atoms with Gasteiger partial charge < -0.3 is 4.43 Å². The first-order valence-electron chi connectivity index (χ1n) is 8.36. The fraction of sp³-hybridized carbons (Fsp3) is 0.400. The first-order chi connectivity index (χ1) is 11.5. The van der Waals surface area contributed by atoms with Gasteiger partial charge in [-0.1, -0.05) is 113 Å². The molecule has 0 aliphatic carbocycles. The molecule has 0 N–H and O–H groups in total. The standard InChI is InChI=1S/C20H26Br2OSi/c1-20(2,3)24(18-10-6-4-7-11-18,19-12-8-5-9-13-19)23-17(16-22)14-15-21/h4-13,17H,14-16H2,1-3H3. The van der Waals surface area contributed by atoms with E-state index in [1.54, 1.807) is 0 Å². The second-order valence-electron chi connectivity index (χ2n) is 7.04. The van der Waals surface area contributed by atoms with Crippen molar-refractivity contribution in [2.45, 2.75) is 38.3 Å². The SMILES string of the molecule is CC(C)(C)[Si](OC(CBr)CCBr)(c1ccccc1)c1ccccc1. The lowest BCUT2D eigenvalue weighted by atomic mass is 10.2. The number of hydrogen-bond donors (Lipinski definition) is 0. The van der Waals surface area contributed by atoms with Gasteiger partial charge in [0.05, 0.1) is 6.10 Å². The van der Waals surface area contributed by atoms with Crippen LogP contribution in [0.5, 0.6) is 0 Å². The van der Waals surface area contributed by atoms with Crippen LogP contribution in [-0.2, 0) is 4.43 Å². The highest BCUT2D eigenvalue weighted by Crippen LogP contribution is 2.38. The number of hydrogen-bond acceptors (Lipinski definition) is 1. The van der Waals surface area contributed by atoms with E-state index < -0.39 is 8.32 Å². The van der Waals surface area contributed by atoms with E-state index >= 15 is 0 Å². The van der Waals surface area contributed by atoms with Crippen LogP contribution in [0.4, 0.5) is 0 Å². The first-order valence-corrected chi connectivity index (χ1v) is 12.5. The highest BCUT2D eigenvalue weighted by Gasteiger charge is 2.51. The van der Waals surface area contributed by atoms with Gasteiger partial charge in [-0.25, -0.2) is 0 Å². The van der Waals surface area contributed by atoms with E-state index in [-0.39, 0.29) is 11.1 Å². The lowest BCUT2D eigenvalue weighted by Gasteiger charge is -2.45. The minimum atomic E-state index is -2.42. The van der Waals surface area contributed by atoms with Crippen LogP contribution in [0.25, 0.3) is 0 Å². The molecule has 24 heavy (non-hydrogen) atoms. The lowest BCUT2D eigenvalue weighted by molar-refractivity contribution is 0.209. The third kappa shape index (κ3) is 4.21. The summed E-state index contributed by atoms with van der Waals surface area (Å²) >= 11 is 7.23. The summed E-state index contributed by atoms with van der Waals surface area (Å²) in [6, 6.07) is 21.6. The van der Waals surface area contributed by atoms with E-state index in [4.69, 9.17) is 4.43 Å². The molecule has 0 saturated heterocycles. The number of alkyl halides is 2. The Labute approximate surface area is 164 Å². The molecule has 2 aromatic carbocycles. The van der Waals surface area contributed by atoms with Crippen molar-refractivity contribution in [2.75, 3.05) is 10.7 Å². The molecule has 0 amide bonds. The second kappa shape index (κ2) is 8.79. The molecule has 130 valence electrons. The summed E-state index contributed by atoms with van der Waals surface area (Å²) < 4.78 is 7.03. The van der Waals surface area contributed by atoms with Gasteiger partial charge in [0.15, 0.2) is 0 Å². The highest BCUT2D eigenvalue weighted by molar-refractivity contribution is 9.09. The van der Waals surface area contributed by atoms with Gasteiger partial charge in [-0.2, -0.15) is 0 Å². The molecule has 0 fully saturated rings. The average molecular weight is 470 g/mol. The van der Waals surface area contributed by atoms with Gasteiger partial charge in [0.1, 0.15) is 0 Å². The molecule has 4 heteroatoms. The van der Waals surface area contributed by atoms with E-state index in [1.165, 1.54) is 10.4 Å². The quantitative estimate of drug-likeness (QED) is 0.404. The van der Waals surface area contributed by atoms with Crippen molar-refractivity contribution in [1.82, 2.24) is 0 Å². The molecule has 0 bridgehead atoms. The molecule has 0 spiro atoms. The van der Waals surface area contributed by atoms with Crippen LogP contribution >= 0.6 is 31.9 Å². The Kier molecular flexibility index (Phi) is 7.29. The molecular weight excluding hydrogens is 444 g/mol. The third-order valence-electron chi connectivity index (χ3n) is 4.36. The van der Waals surface area contributed by atoms with Gasteiger partial charge in [-0.05, 0) is 21.8 Å². The van der Waals surface area contributed by atoms with Gasteiger partial charge >= 0.3 is 0 Å². The third-order valence-corrected chi connectivity index (χ3v) is 10.6. The summed E-state index contributed by atoms with van der Waals surface area (Å²) in [6.07, 6.45) is 1.19. The monoisotopic (exact) mass is 468 g/mol. The molecule has 1 unspecified atom stereocenters. The second-order valence-corrected chi connectivity index (χ2v) is 12.7. The largest absolute Gasteiger partial charge is 0.404 e. The van der Waals surface area contributed by atoms with Crippen molar-refractivity contribution in [2.24, 2.45) is 0 Å². The number of rotatable bonds is 7. The van der Waals surface area contributed by atoms with Gasteiger partial charge in [0.2, 0.25) is 0 Å². The molecule has 0 aromatic heterocycles. The van der Waals surface area contributed by atoms with Crippen LogP contribution < -0.4 is 10.4 Å². The van der Waals surface area contributed by atoms with E-state index in [0.29, 0.717) is 0 Å². The zero-order chi connectivity index (χ0) is 17.6. The Morgan fingerprint density at radius 2 is 1.33 bits per heavy atom. The van der Waals surface area contributed by atoms with Gasteiger partial charge in [0.25, 0.3) is 8.32 Å². The highest BCUT2D eigenvalue weighted by atomic mass is 79.9. The fourth-order valence-corrected chi connectivity index (χ4v) is 9.16. The maximum Gasteiger partial charge on any atom is 0.261 e. The Balaban J connectivity index is 2.65. The van der Waals surface area contributed by atoms with Crippen LogP contribution in [-0.4, -0.2) is 25.1 Å². The van der Waals surface area contributed by atoms with Gasteiger partial charge in [0, 0.05) is 10.7 Å². The van der Waals surface area contributed by atoms with Gasteiger partial charge in [-0.3, -0.25) is 0 Å². The Morgan fingerprint density at radius 1 is 0.875 bits per heavy atom. The molecule has 0 aliphatic heterocycles. The molecule has 0 radical (unpaired) electrons. The number of halogens is 2. The van der Waals surface area contributed by atoms with Gasteiger partial charge in [-0.15, -0.1) is 0 Å². The first kappa shape index (κ1) is 19.9. The maximum atomic E-state index is 7.03. The van der Waals surface area contributed by atoms with Crippen LogP contribution in [0.15, 0.2) is 60.7 Å². The predicted octanol–water partition coefficient (Wildman–Crippen LogP) is 5.11. The molecule has 1 nitrogen and oxygen atoms in total. The summed E-state index contributed by atoms with van der Waals surface area (Å²) in [5.41, 5.74) is 0. The summed E-state index contributed by atoms with van der Waals surface area (Å²) in [6.45, 7) is 6.95. The van der Waals surface area contributed by atoms with E-state index in [0.717, 1.165) is 17.1 Å². The molecule has 2 aromatic rings. The molecular formula is C20H26Br2OSi. The van der Waals surface area contributed by atoms with Crippen LogP contribution in [0.3, 0.4) is 0 Å². The fourth-order valence-electron chi connectivity index (χ4n) is 3.23. The molecule has 0 saturated carbocycles. The topological polar surface area (TPSA) is 9.23 Å². The molecule has 0 heterocycles. The van der Waals surface area contributed by atoms with Crippen molar-refractivity contribution in [1.29, 1.82) is 0 Å². The van der Waals surface area contributed by atoms with Crippen LogP contribution in [0.1, 0.15) is 27.2 Å². The van der Waals surface area contributed by atoms with Crippen molar-refractivity contribution in [3.63, 3.8) is 0 Å². The van der Waals surface area contributed by atoms with Crippen LogP contribution in [0.2, 0.25) is 5.04 Å². The molecule has 2 rings (SSSR count). The van der Waals surface area contributed by atoms with Crippen molar-refractivity contribution in [3.05, 3.63) is 60.7 Å². The minimum absolute atomic E-state index is 0.0302. The maximum absolute atomic E-state index is 7.03. The lowest BCUT2D eigenvalue weighted by Crippen LogP contribution is -2.67. The normalized spacial score (nSPS) is 13.7. The molecule has 0 aliphatic rings. The summed E-state index contributed by atoms with van der Waals surface area (Å²) in [7, 11) is -2.42. The van der Waals surface area contributed by atoms with Crippen molar-refractivity contribution in [3.8, 4) is 0 Å². The Morgan fingerprint density at radius 3 is 1.67 bits per heavy atom. The summed E-state index contributed by atoms with van der Waals surface area (Å²) in [4.78, 5) is 0. The zero-order valence-electron chi connectivity index (χ0n) is 14.6. The van der Waals surface area contributed by atoms with E-state index in [1.807, 2.05) is 0 Å². The van der Waals surface area contributed by atoms with E-state index in [2.05, 4.69) is 113 Å². The van der Waals surface area contributed by atoms with Crippen LogP contribution in [0, 0.1) is 0 Å². The molecule has 1 atom stereocenters. The van der Waals surface area contributed by atoms with Crippen molar-refractivity contribution >= 4 is 50.6 Å². The summed E-state index contributed by atoms with van der Waals surface area (Å²) in [5, 5.41) is 4.50.